The van der Waals surface area contributed by atoms with Gasteiger partial charge in [0.1, 0.15) is 6.61 Å². The summed E-state index contributed by atoms with van der Waals surface area (Å²) in [6.07, 6.45) is 0. The summed E-state index contributed by atoms with van der Waals surface area (Å²) in [6, 6.07) is 14.5. The molecule has 0 unspecified atom stereocenters. The van der Waals surface area contributed by atoms with Crippen LogP contribution in [0.25, 0.3) is 22.2 Å². The van der Waals surface area contributed by atoms with Gasteiger partial charge in [0.2, 0.25) is 0 Å². The lowest BCUT2D eigenvalue weighted by Crippen LogP contribution is -2.24. The van der Waals surface area contributed by atoms with Gasteiger partial charge < -0.3 is 18.9 Å². The van der Waals surface area contributed by atoms with Crippen LogP contribution in [0.4, 0.5) is 0 Å². The van der Waals surface area contributed by atoms with Crippen LogP contribution in [0.5, 0.6) is 23.0 Å². The fourth-order valence-corrected chi connectivity index (χ4v) is 5.21. The molecule has 3 heterocycles. The van der Waals surface area contributed by atoms with E-state index in [0.29, 0.717) is 18.1 Å². The third-order valence-electron chi connectivity index (χ3n) is 6.18. The summed E-state index contributed by atoms with van der Waals surface area (Å²) in [5, 5.41) is 3.16. The Balaban J connectivity index is 1.57. The second-order valence-corrected chi connectivity index (χ2v) is 9.39. The van der Waals surface area contributed by atoms with Crippen molar-refractivity contribution in [2.45, 2.75) is 20.0 Å². The molecule has 176 valence electrons. The van der Waals surface area contributed by atoms with E-state index in [-0.39, 0.29) is 0 Å². The van der Waals surface area contributed by atoms with Crippen molar-refractivity contribution < 1.29 is 18.9 Å². The Bertz CT molecular complexity index is 1320. The fourth-order valence-electron chi connectivity index (χ4n) is 4.46. The summed E-state index contributed by atoms with van der Waals surface area (Å²) in [5.41, 5.74) is 4.96. The monoisotopic (exact) mass is 476 g/mol. The molecule has 2 aromatic heterocycles. The van der Waals surface area contributed by atoms with E-state index in [1.807, 2.05) is 18.2 Å². The molecule has 2 aromatic carbocycles. The van der Waals surface area contributed by atoms with Crippen molar-refractivity contribution >= 4 is 22.2 Å². The molecule has 0 amide bonds. The Labute approximate surface area is 203 Å². The smallest absolute Gasteiger partial charge is 0.165 e. The van der Waals surface area contributed by atoms with Crippen molar-refractivity contribution in [3.63, 3.8) is 0 Å². The first kappa shape index (κ1) is 22.5. The summed E-state index contributed by atoms with van der Waals surface area (Å²) < 4.78 is 22.9. The molecule has 4 aromatic rings. The van der Waals surface area contributed by atoms with E-state index in [2.05, 4.69) is 41.5 Å². The number of benzene rings is 2. The van der Waals surface area contributed by atoms with Crippen molar-refractivity contribution in [1.82, 2.24) is 9.88 Å². The van der Waals surface area contributed by atoms with Crippen molar-refractivity contribution in [1.29, 1.82) is 0 Å². The first-order chi connectivity index (χ1) is 16.6. The molecule has 6 nitrogen and oxygen atoms in total. The lowest BCUT2D eigenvalue weighted by atomic mass is 10.0. The molecule has 0 bridgehead atoms. The highest BCUT2D eigenvalue weighted by atomic mass is 32.1. The van der Waals surface area contributed by atoms with Gasteiger partial charge in [-0.25, -0.2) is 4.98 Å². The van der Waals surface area contributed by atoms with Crippen molar-refractivity contribution in [3.05, 3.63) is 63.8 Å². The number of aromatic nitrogens is 1. The van der Waals surface area contributed by atoms with Crippen LogP contribution in [0.15, 0.2) is 47.8 Å². The molecular formula is C27H28N2O4S. The molecule has 0 atom stereocenters. The van der Waals surface area contributed by atoms with Gasteiger partial charge in [-0.15, -0.1) is 11.3 Å². The maximum Gasteiger partial charge on any atom is 0.165 e. The highest BCUT2D eigenvalue weighted by Gasteiger charge is 2.22. The van der Waals surface area contributed by atoms with Crippen LogP contribution < -0.4 is 18.9 Å². The minimum Gasteiger partial charge on any atom is -0.493 e. The largest absolute Gasteiger partial charge is 0.493 e. The molecule has 0 N–H and O–H groups in total. The van der Waals surface area contributed by atoms with Crippen LogP contribution in [0.3, 0.4) is 0 Å². The predicted octanol–water partition coefficient (Wildman–Crippen LogP) is 5.69. The lowest BCUT2D eigenvalue weighted by Gasteiger charge is -2.19. The molecule has 0 saturated heterocycles. The Morgan fingerprint density at radius 2 is 1.79 bits per heavy atom. The quantitative estimate of drug-likeness (QED) is 0.356. The molecule has 34 heavy (non-hydrogen) atoms. The van der Waals surface area contributed by atoms with E-state index in [0.717, 1.165) is 64.4 Å². The van der Waals surface area contributed by atoms with Gasteiger partial charge >= 0.3 is 0 Å². The fraction of sp³-hybridized carbons (Fsp3) is 0.296. The number of hydrogen-bond acceptors (Lipinski definition) is 7. The topological polar surface area (TPSA) is 53.0 Å². The number of methoxy groups -OCH3 is 3. The van der Waals surface area contributed by atoms with Crippen LogP contribution in [0.2, 0.25) is 0 Å². The minimum absolute atomic E-state index is 0.628. The zero-order valence-corrected chi connectivity index (χ0v) is 20.7. The number of ether oxygens (including phenoxy) is 4. The van der Waals surface area contributed by atoms with Gasteiger partial charge in [0.15, 0.2) is 23.0 Å². The average Bonchev–Trinajstić information content (AvgIpc) is 3.27. The van der Waals surface area contributed by atoms with Gasteiger partial charge in [0, 0.05) is 47.1 Å². The molecule has 0 spiro atoms. The maximum absolute atomic E-state index is 6.15. The second kappa shape index (κ2) is 9.52. The Morgan fingerprint density at radius 3 is 2.53 bits per heavy atom. The predicted molar refractivity (Wildman–Crippen MR) is 135 cm³/mol. The summed E-state index contributed by atoms with van der Waals surface area (Å²) in [6.45, 7) is 5.27. The van der Waals surface area contributed by atoms with E-state index in [1.165, 1.54) is 4.88 Å². The van der Waals surface area contributed by atoms with Gasteiger partial charge in [-0.05, 0) is 48.2 Å². The lowest BCUT2D eigenvalue weighted by molar-refractivity contribution is 0.218. The normalized spacial score (nSPS) is 13.8. The van der Waals surface area contributed by atoms with Crippen LogP contribution in [-0.2, 0) is 13.1 Å². The van der Waals surface area contributed by atoms with Gasteiger partial charge in [0.25, 0.3) is 0 Å². The van der Waals surface area contributed by atoms with Gasteiger partial charge in [-0.2, -0.15) is 0 Å². The average molecular weight is 477 g/mol. The van der Waals surface area contributed by atoms with Crippen molar-refractivity contribution in [2.75, 3.05) is 34.5 Å². The van der Waals surface area contributed by atoms with Crippen LogP contribution >= 0.6 is 11.3 Å². The van der Waals surface area contributed by atoms with Crippen LogP contribution in [0, 0.1) is 6.92 Å². The Morgan fingerprint density at radius 1 is 1.00 bits per heavy atom. The third-order valence-corrected chi connectivity index (χ3v) is 7.04. The molecule has 0 saturated carbocycles. The summed E-state index contributed by atoms with van der Waals surface area (Å²) >= 11 is 1.78. The van der Waals surface area contributed by atoms with Gasteiger partial charge in [-0.1, -0.05) is 6.07 Å². The molecule has 0 fully saturated rings. The van der Waals surface area contributed by atoms with E-state index >= 15 is 0 Å². The zero-order valence-electron chi connectivity index (χ0n) is 19.9. The molecular weight excluding hydrogens is 448 g/mol. The highest BCUT2D eigenvalue weighted by molar-refractivity contribution is 7.09. The first-order valence-corrected chi connectivity index (χ1v) is 12.1. The van der Waals surface area contributed by atoms with Crippen LogP contribution in [-0.4, -0.2) is 44.4 Å². The molecule has 0 radical (unpaired) electrons. The van der Waals surface area contributed by atoms with E-state index in [4.69, 9.17) is 23.9 Å². The number of aryl methyl sites for hydroxylation is 1. The molecule has 7 heteroatoms. The molecule has 1 aliphatic heterocycles. The van der Waals surface area contributed by atoms with Gasteiger partial charge in [0.05, 0.1) is 32.5 Å². The van der Waals surface area contributed by atoms with Crippen molar-refractivity contribution in [2.24, 2.45) is 0 Å². The minimum atomic E-state index is 0.628. The first-order valence-electron chi connectivity index (χ1n) is 11.2. The number of hydrogen-bond donors (Lipinski definition) is 0. The highest BCUT2D eigenvalue weighted by Crippen LogP contribution is 2.40. The molecule has 0 aliphatic carbocycles. The maximum atomic E-state index is 6.15. The standard InChI is InChI=1S/C27H28N2O4S/c1-17-10-22(28-23-14-25(31-3)24(30-2)13-21(17)23)18-11-19-15-29(16-20-6-5-9-34-20)7-8-33-27(19)26(12-18)32-4/h5-6,9-14H,7-8,15-16H2,1-4H3. The van der Waals surface area contributed by atoms with Gasteiger partial charge in [-0.3, -0.25) is 4.90 Å². The Kier molecular flexibility index (Phi) is 6.30. The number of nitrogens with zero attached hydrogens (tertiary/aromatic N) is 2. The third kappa shape index (κ3) is 4.29. The molecule has 1 aliphatic rings. The summed E-state index contributed by atoms with van der Waals surface area (Å²) in [7, 11) is 4.97. The summed E-state index contributed by atoms with van der Waals surface area (Å²) in [5.74, 6) is 2.92. The van der Waals surface area contributed by atoms with E-state index < -0.39 is 0 Å². The zero-order chi connectivity index (χ0) is 23.7. The number of pyridine rings is 1. The Hall–Kier alpha value is -3.29. The number of rotatable bonds is 6. The van der Waals surface area contributed by atoms with Crippen molar-refractivity contribution in [3.8, 4) is 34.3 Å². The van der Waals surface area contributed by atoms with Crippen LogP contribution in [0.1, 0.15) is 16.0 Å². The SMILES string of the molecule is COc1cc2nc(-c3cc4c(c(OC)c3)OCCN(Cc3cccs3)C4)cc(C)c2cc1OC. The number of fused-ring (bicyclic) bond motifs is 2. The van der Waals surface area contributed by atoms with E-state index in [9.17, 15) is 0 Å². The second-order valence-electron chi connectivity index (χ2n) is 8.35. The van der Waals surface area contributed by atoms with E-state index in [1.54, 1.807) is 32.7 Å². The number of thiophene rings is 1. The summed E-state index contributed by atoms with van der Waals surface area (Å²) in [4.78, 5) is 8.74. The molecule has 5 rings (SSSR count).